The summed E-state index contributed by atoms with van der Waals surface area (Å²) in [5.41, 5.74) is 2.78. The zero-order valence-electron chi connectivity index (χ0n) is 13.5. The predicted octanol–water partition coefficient (Wildman–Crippen LogP) is 3.96. The van der Waals surface area contributed by atoms with Crippen LogP contribution in [0.25, 0.3) is 10.2 Å². The van der Waals surface area contributed by atoms with Crippen LogP contribution in [0.4, 0.5) is 0 Å². The highest BCUT2D eigenvalue weighted by atomic mass is 35.5. The number of ether oxygens (including phenoxy) is 1. The molecule has 2 aromatic heterocycles. The third kappa shape index (κ3) is 2.46. The molecule has 0 atom stereocenters. The van der Waals surface area contributed by atoms with E-state index in [1.54, 1.807) is 0 Å². The summed E-state index contributed by atoms with van der Waals surface area (Å²) in [5, 5.41) is 4.93. The van der Waals surface area contributed by atoms with Crippen LogP contribution in [0.5, 0.6) is 0 Å². The summed E-state index contributed by atoms with van der Waals surface area (Å²) in [4.78, 5) is 19.2. The van der Waals surface area contributed by atoms with Crippen LogP contribution in [-0.4, -0.2) is 29.6 Å². The minimum Gasteiger partial charge on any atom is -0.376 e. The molecule has 1 saturated carbocycles. The van der Waals surface area contributed by atoms with E-state index in [0.29, 0.717) is 24.2 Å². The summed E-state index contributed by atoms with van der Waals surface area (Å²) < 4.78 is 5.23. The van der Waals surface area contributed by atoms with E-state index in [1.807, 2.05) is 20.8 Å². The van der Waals surface area contributed by atoms with Crippen LogP contribution in [0.1, 0.15) is 52.2 Å². The third-order valence-corrected chi connectivity index (χ3v) is 6.32. The number of carbonyl (C=O) groups is 1. The number of thiophene rings is 1. The predicted molar refractivity (Wildman–Crippen MR) is 92.8 cm³/mol. The first-order valence-electron chi connectivity index (χ1n) is 7.89. The van der Waals surface area contributed by atoms with Crippen LogP contribution in [-0.2, 0) is 4.74 Å². The molecule has 2 aromatic rings. The number of nitrogens with zero attached hydrogens (tertiary/aromatic N) is 1. The van der Waals surface area contributed by atoms with Crippen molar-refractivity contribution in [2.45, 2.75) is 45.1 Å². The van der Waals surface area contributed by atoms with E-state index in [1.165, 1.54) is 11.3 Å². The lowest BCUT2D eigenvalue weighted by Crippen LogP contribution is -2.59. The molecule has 4 nitrogen and oxygen atoms in total. The summed E-state index contributed by atoms with van der Waals surface area (Å²) in [5.74, 6) is 0.461. The molecule has 4 rings (SSSR count). The number of rotatable bonds is 3. The Morgan fingerprint density at radius 3 is 2.65 bits per heavy atom. The van der Waals surface area contributed by atoms with E-state index >= 15 is 0 Å². The molecule has 1 N–H and O–H groups in total. The van der Waals surface area contributed by atoms with Crippen molar-refractivity contribution in [3.8, 4) is 0 Å². The van der Waals surface area contributed by atoms with Crippen LogP contribution in [0, 0.1) is 13.8 Å². The number of amides is 1. The van der Waals surface area contributed by atoms with Gasteiger partial charge in [0.15, 0.2) is 0 Å². The Kier molecular flexibility index (Phi) is 3.45. The van der Waals surface area contributed by atoms with Gasteiger partial charge in [-0.05, 0) is 50.7 Å². The van der Waals surface area contributed by atoms with Crippen LogP contribution in [0.2, 0.25) is 5.02 Å². The Balaban J connectivity index is 1.84. The molecule has 1 aliphatic heterocycles. The van der Waals surface area contributed by atoms with Gasteiger partial charge in [-0.25, -0.2) is 4.98 Å². The van der Waals surface area contributed by atoms with Gasteiger partial charge >= 0.3 is 0 Å². The van der Waals surface area contributed by atoms with Crippen molar-refractivity contribution in [3.05, 3.63) is 26.7 Å². The van der Waals surface area contributed by atoms with Gasteiger partial charge < -0.3 is 10.1 Å². The highest BCUT2D eigenvalue weighted by molar-refractivity contribution is 7.20. The second-order valence-electron chi connectivity index (χ2n) is 6.94. The molecule has 0 aromatic carbocycles. The molecular formula is C17H19ClN2O2S. The van der Waals surface area contributed by atoms with E-state index in [0.717, 1.165) is 44.8 Å². The largest absolute Gasteiger partial charge is 0.376 e. The van der Waals surface area contributed by atoms with E-state index < -0.39 is 0 Å². The Bertz CT molecular complexity index is 822. The maximum atomic E-state index is 12.8. The topological polar surface area (TPSA) is 51.2 Å². The molecule has 2 aliphatic rings. The molecule has 122 valence electrons. The van der Waals surface area contributed by atoms with E-state index in [9.17, 15) is 4.79 Å². The van der Waals surface area contributed by atoms with Gasteiger partial charge in [-0.1, -0.05) is 11.6 Å². The van der Waals surface area contributed by atoms with Crippen molar-refractivity contribution < 1.29 is 9.53 Å². The number of carbonyl (C=O) groups excluding carboxylic acids is 1. The number of fused-ring (bicyclic) bond motifs is 1. The number of aryl methyl sites for hydroxylation is 2. The number of aromatic nitrogens is 1. The summed E-state index contributed by atoms with van der Waals surface area (Å²) >= 11 is 7.90. The maximum Gasteiger partial charge on any atom is 0.262 e. The average molecular weight is 351 g/mol. The van der Waals surface area contributed by atoms with Crippen molar-refractivity contribution in [2.75, 3.05) is 13.2 Å². The maximum absolute atomic E-state index is 12.8. The highest BCUT2D eigenvalue weighted by Gasteiger charge is 2.38. The second kappa shape index (κ2) is 5.16. The van der Waals surface area contributed by atoms with Crippen molar-refractivity contribution in [1.29, 1.82) is 0 Å². The molecule has 3 heterocycles. The molecule has 2 fully saturated rings. The molecule has 6 heteroatoms. The van der Waals surface area contributed by atoms with E-state index in [4.69, 9.17) is 16.3 Å². The fraction of sp³-hybridized carbons (Fsp3) is 0.529. The van der Waals surface area contributed by atoms with Gasteiger partial charge in [0.05, 0.1) is 34.3 Å². The lowest BCUT2D eigenvalue weighted by Gasteiger charge is -2.38. The van der Waals surface area contributed by atoms with Crippen molar-refractivity contribution in [2.24, 2.45) is 0 Å². The van der Waals surface area contributed by atoms with Crippen LogP contribution >= 0.6 is 22.9 Å². The SMILES string of the molecule is Cc1nc2sc(C(=O)NC3(C)COC3)c(C3CC3)c2c(C)c1Cl. The summed E-state index contributed by atoms with van der Waals surface area (Å²) in [6, 6.07) is 0. The first-order chi connectivity index (χ1) is 10.9. The van der Waals surface area contributed by atoms with Gasteiger partial charge in [-0.15, -0.1) is 11.3 Å². The van der Waals surface area contributed by atoms with Gasteiger partial charge in [0.1, 0.15) is 4.83 Å². The first-order valence-corrected chi connectivity index (χ1v) is 9.08. The average Bonchev–Trinajstić information content (AvgIpc) is 3.24. The number of pyridine rings is 1. The molecule has 0 spiro atoms. The van der Waals surface area contributed by atoms with Crippen molar-refractivity contribution >= 4 is 39.1 Å². The summed E-state index contributed by atoms with van der Waals surface area (Å²) in [6.07, 6.45) is 2.27. The molecule has 0 bridgehead atoms. The normalized spacial score (nSPS) is 19.7. The Morgan fingerprint density at radius 1 is 1.39 bits per heavy atom. The Hall–Kier alpha value is -1.17. The zero-order chi connectivity index (χ0) is 16.4. The van der Waals surface area contributed by atoms with Crippen LogP contribution in [0.3, 0.4) is 0 Å². The number of halogens is 1. The fourth-order valence-corrected chi connectivity index (χ4v) is 4.60. The molecule has 1 aliphatic carbocycles. The van der Waals surface area contributed by atoms with Gasteiger partial charge in [-0.2, -0.15) is 0 Å². The molecule has 0 unspecified atom stereocenters. The van der Waals surface area contributed by atoms with Gasteiger partial charge in [-0.3, -0.25) is 4.79 Å². The quantitative estimate of drug-likeness (QED) is 0.911. The minimum absolute atomic E-state index is 0.00567. The molecule has 0 radical (unpaired) electrons. The zero-order valence-corrected chi connectivity index (χ0v) is 15.0. The molecular weight excluding hydrogens is 332 g/mol. The smallest absolute Gasteiger partial charge is 0.262 e. The molecule has 23 heavy (non-hydrogen) atoms. The van der Waals surface area contributed by atoms with Crippen LogP contribution < -0.4 is 5.32 Å². The number of nitrogens with one attached hydrogen (secondary N) is 1. The summed E-state index contributed by atoms with van der Waals surface area (Å²) in [6.45, 7) is 7.11. The second-order valence-corrected chi connectivity index (χ2v) is 8.32. The van der Waals surface area contributed by atoms with E-state index in [-0.39, 0.29) is 11.4 Å². The van der Waals surface area contributed by atoms with Gasteiger partial charge in [0.25, 0.3) is 5.91 Å². The van der Waals surface area contributed by atoms with E-state index in [2.05, 4.69) is 10.3 Å². The minimum atomic E-state index is -0.246. The van der Waals surface area contributed by atoms with Gasteiger partial charge in [0.2, 0.25) is 0 Å². The standard InChI is InChI=1S/C17H19ClN2O2S/c1-8-11-12(10-4-5-10)14(15(21)20-17(3)6-22-7-17)23-16(11)19-9(2)13(8)18/h10H,4-7H2,1-3H3,(H,20,21). The number of hydrogen-bond acceptors (Lipinski definition) is 4. The summed E-state index contributed by atoms with van der Waals surface area (Å²) in [7, 11) is 0. The third-order valence-electron chi connectivity index (χ3n) is 4.67. The molecule has 1 saturated heterocycles. The van der Waals surface area contributed by atoms with Crippen LogP contribution in [0.15, 0.2) is 0 Å². The van der Waals surface area contributed by atoms with Gasteiger partial charge in [0, 0.05) is 5.39 Å². The van der Waals surface area contributed by atoms with Crippen molar-refractivity contribution in [3.63, 3.8) is 0 Å². The highest BCUT2D eigenvalue weighted by Crippen LogP contribution is 2.49. The number of hydrogen-bond donors (Lipinski definition) is 1. The lowest BCUT2D eigenvalue weighted by molar-refractivity contribution is -0.0593. The lowest BCUT2D eigenvalue weighted by atomic mass is 9.99. The fourth-order valence-electron chi connectivity index (χ4n) is 3.20. The van der Waals surface area contributed by atoms with Crippen molar-refractivity contribution in [1.82, 2.24) is 10.3 Å². The Labute approximate surface area is 144 Å². The Morgan fingerprint density at radius 2 is 2.09 bits per heavy atom. The molecule has 1 amide bonds. The monoisotopic (exact) mass is 350 g/mol. The first kappa shape index (κ1) is 15.4.